The number of likely N-dealkylation sites (tertiary alicyclic amines) is 1. The molecule has 0 spiro atoms. The predicted molar refractivity (Wildman–Crippen MR) is 79.2 cm³/mol. The van der Waals surface area contributed by atoms with E-state index in [0.717, 1.165) is 31.1 Å². The van der Waals surface area contributed by atoms with E-state index in [9.17, 15) is 4.79 Å². The summed E-state index contributed by atoms with van der Waals surface area (Å²) in [6, 6.07) is 10.7. The number of nitrogens with zero attached hydrogens (tertiary/aromatic N) is 1. The summed E-state index contributed by atoms with van der Waals surface area (Å²) in [5.74, 6) is 0.873. The Morgan fingerprint density at radius 3 is 2.95 bits per heavy atom. The maximum Gasteiger partial charge on any atom is 0.234 e. The molecule has 4 heteroatoms. The molecule has 0 aliphatic carbocycles. The summed E-state index contributed by atoms with van der Waals surface area (Å²) in [5, 5.41) is 6.57. The molecule has 2 N–H and O–H groups in total. The van der Waals surface area contributed by atoms with Crippen molar-refractivity contribution in [1.82, 2.24) is 15.5 Å². The number of carbonyl (C=O) groups is 1. The van der Waals surface area contributed by atoms with Crippen LogP contribution in [0.1, 0.15) is 18.4 Å². The summed E-state index contributed by atoms with van der Waals surface area (Å²) in [6.45, 7) is 4.37. The quantitative estimate of drug-likeness (QED) is 0.860. The van der Waals surface area contributed by atoms with Gasteiger partial charge in [-0.25, -0.2) is 0 Å². The van der Waals surface area contributed by atoms with Crippen LogP contribution in [0.3, 0.4) is 0 Å². The van der Waals surface area contributed by atoms with Gasteiger partial charge in [0.25, 0.3) is 0 Å². The minimum atomic E-state index is 0.132. The largest absolute Gasteiger partial charge is 0.351 e. The second kappa shape index (κ2) is 6.37. The van der Waals surface area contributed by atoms with Gasteiger partial charge in [-0.15, -0.1) is 0 Å². The van der Waals surface area contributed by atoms with Crippen molar-refractivity contribution in [3.05, 3.63) is 35.9 Å². The lowest BCUT2D eigenvalue weighted by Crippen LogP contribution is -2.41. The third-order valence-electron chi connectivity index (χ3n) is 4.37. The van der Waals surface area contributed by atoms with E-state index in [0.29, 0.717) is 19.1 Å². The first-order valence-corrected chi connectivity index (χ1v) is 7.57. The monoisotopic (exact) mass is 273 g/mol. The van der Waals surface area contributed by atoms with Crippen molar-refractivity contribution >= 4 is 5.91 Å². The van der Waals surface area contributed by atoms with Gasteiger partial charge in [0.05, 0.1) is 6.54 Å². The standard InChI is InChI=1S/C16H23N3O/c20-16(18-9-13-5-2-1-3-6-13)12-19-10-14-7-4-8-17-15(14)11-19/h1-3,5-6,14-15,17H,4,7-12H2,(H,18,20)/t14-,15+/m0/s1. The van der Waals surface area contributed by atoms with E-state index < -0.39 is 0 Å². The Labute approximate surface area is 120 Å². The highest BCUT2D eigenvalue weighted by Gasteiger charge is 2.34. The molecular formula is C16H23N3O. The SMILES string of the molecule is O=C(CN1C[C@@H]2CCCN[C@@H]2C1)NCc1ccccc1. The first kappa shape index (κ1) is 13.6. The van der Waals surface area contributed by atoms with E-state index in [1.807, 2.05) is 30.3 Å². The molecular weight excluding hydrogens is 250 g/mol. The number of nitrogens with one attached hydrogen (secondary N) is 2. The number of carbonyl (C=O) groups excluding carboxylic acids is 1. The summed E-state index contributed by atoms with van der Waals surface area (Å²) in [6.07, 6.45) is 2.58. The van der Waals surface area contributed by atoms with Gasteiger partial charge >= 0.3 is 0 Å². The molecule has 0 unspecified atom stereocenters. The van der Waals surface area contributed by atoms with Crippen LogP contribution in [0.15, 0.2) is 30.3 Å². The van der Waals surface area contributed by atoms with Crippen molar-refractivity contribution in [2.24, 2.45) is 5.92 Å². The Morgan fingerprint density at radius 2 is 2.15 bits per heavy atom. The Morgan fingerprint density at radius 1 is 1.30 bits per heavy atom. The van der Waals surface area contributed by atoms with Gasteiger partial charge < -0.3 is 10.6 Å². The van der Waals surface area contributed by atoms with Crippen LogP contribution in [0, 0.1) is 5.92 Å². The highest BCUT2D eigenvalue weighted by atomic mass is 16.2. The predicted octanol–water partition coefficient (Wildman–Crippen LogP) is 0.987. The van der Waals surface area contributed by atoms with E-state index in [-0.39, 0.29) is 5.91 Å². The third-order valence-corrected chi connectivity index (χ3v) is 4.37. The molecule has 0 bridgehead atoms. The normalized spacial score (nSPS) is 26.2. The summed E-state index contributed by atoms with van der Waals surface area (Å²) in [7, 11) is 0. The van der Waals surface area contributed by atoms with Gasteiger partial charge in [0.2, 0.25) is 5.91 Å². The highest BCUT2D eigenvalue weighted by molar-refractivity contribution is 5.78. The topological polar surface area (TPSA) is 44.4 Å². The molecule has 2 aliphatic rings. The van der Waals surface area contributed by atoms with Gasteiger partial charge in [0, 0.05) is 25.7 Å². The Kier molecular flexibility index (Phi) is 4.33. The van der Waals surface area contributed by atoms with Crippen LogP contribution in [0.4, 0.5) is 0 Å². The van der Waals surface area contributed by atoms with E-state index >= 15 is 0 Å². The number of benzene rings is 1. The van der Waals surface area contributed by atoms with Gasteiger partial charge in [0.1, 0.15) is 0 Å². The van der Waals surface area contributed by atoms with Crippen molar-refractivity contribution in [1.29, 1.82) is 0 Å². The smallest absolute Gasteiger partial charge is 0.234 e. The zero-order valence-electron chi connectivity index (χ0n) is 11.8. The molecule has 1 amide bonds. The summed E-state index contributed by atoms with van der Waals surface area (Å²) in [5.41, 5.74) is 1.15. The van der Waals surface area contributed by atoms with Crippen molar-refractivity contribution in [3.63, 3.8) is 0 Å². The molecule has 0 saturated carbocycles. The molecule has 108 valence electrons. The van der Waals surface area contributed by atoms with Crippen LogP contribution in [0.5, 0.6) is 0 Å². The second-order valence-corrected chi connectivity index (χ2v) is 5.92. The van der Waals surface area contributed by atoms with Gasteiger partial charge in [-0.3, -0.25) is 9.69 Å². The molecule has 0 aromatic heterocycles. The summed E-state index contributed by atoms with van der Waals surface area (Å²) < 4.78 is 0. The minimum Gasteiger partial charge on any atom is -0.351 e. The van der Waals surface area contributed by atoms with E-state index in [2.05, 4.69) is 15.5 Å². The van der Waals surface area contributed by atoms with Gasteiger partial charge in [0.15, 0.2) is 0 Å². The molecule has 0 radical (unpaired) electrons. The van der Waals surface area contributed by atoms with Crippen molar-refractivity contribution < 1.29 is 4.79 Å². The highest BCUT2D eigenvalue weighted by Crippen LogP contribution is 2.24. The molecule has 1 aromatic rings. The van der Waals surface area contributed by atoms with Crippen molar-refractivity contribution in [2.45, 2.75) is 25.4 Å². The van der Waals surface area contributed by atoms with Crippen LogP contribution in [-0.2, 0) is 11.3 Å². The van der Waals surface area contributed by atoms with Gasteiger partial charge in [-0.1, -0.05) is 30.3 Å². The second-order valence-electron chi connectivity index (χ2n) is 5.92. The maximum absolute atomic E-state index is 12.0. The molecule has 3 rings (SSSR count). The molecule has 2 saturated heterocycles. The summed E-state index contributed by atoms with van der Waals surface area (Å²) >= 11 is 0. The molecule has 4 nitrogen and oxygen atoms in total. The summed E-state index contributed by atoms with van der Waals surface area (Å²) in [4.78, 5) is 14.3. The Balaban J connectivity index is 1.43. The van der Waals surface area contributed by atoms with E-state index in [4.69, 9.17) is 0 Å². The molecule has 1 aromatic carbocycles. The molecule has 2 atom stereocenters. The zero-order chi connectivity index (χ0) is 13.8. The lowest BCUT2D eigenvalue weighted by atomic mass is 9.94. The fourth-order valence-electron chi connectivity index (χ4n) is 3.32. The number of amides is 1. The molecule has 2 heterocycles. The number of hydrogen-bond acceptors (Lipinski definition) is 3. The number of hydrogen-bond donors (Lipinski definition) is 2. The number of rotatable bonds is 4. The van der Waals surface area contributed by atoms with Crippen LogP contribution in [0.25, 0.3) is 0 Å². The van der Waals surface area contributed by atoms with Crippen LogP contribution in [-0.4, -0.2) is 43.0 Å². The maximum atomic E-state index is 12.0. The van der Waals surface area contributed by atoms with Gasteiger partial charge in [-0.05, 0) is 30.9 Å². The third kappa shape index (κ3) is 3.38. The fourth-order valence-corrected chi connectivity index (χ4v) is 3.32. The Hall–Kier alpha value is -1.39. The average Bonchev–Trinajstić information content (AvgIpc) is 2.88. The first-order valence-electron chi connectivity index (χ1n) is 7.57. The van der Waals surface area contributed by atoms with E-state index in [1.54, 1.807) is 0 Å². The minimum absolute atomic E-state index is 0.132. The lowest BCUT2D eigenvalue weighted by molar-refractivity contribution is -0.122. The first-order chi connectivity index (χ1) is 9.81. The van der Waals surface area contributed by atoms with Crippen molar-refractivity contribution in [3.8, 4) is 0 Å². The van der Waals surface area contributed by atoms with Crippen LogP contribution < -0.4 is 10.6 Å². The molecule has 20 heavy (non-hydrogen) atoms. The Bertz CT molecular complexity index is 434. The lowest BCUT2D eigenvalue weighted by Gasteiger charge is -2.24. The number of fused-ring (bicyclic) bond motifs is 1. The fraction of sp³-hybridized carbons (Fsp3) is 0.562. The molecule has 2 fully saturated rings. The van der Waals surface area contributed by atoms with Crippen LogP contribution in [0.2, 0.25) is 0 Å². The van der Waals surface area contributed by atoms with Crippen molar-refractivity contribution in [2.75, 3.05) is 26.2 Å². The number of piperidine rings is 1. The average molecular weight is 273 g/mol. The zero-order valence-corrected chi connectivity index (χ0v) is 11.8. The van der Waals surface area contributed by atoms with E-state index in [1.165, 1.54) is 12.8 Å². The van der Waals surface area contributed by atoms with Crippen LogP contribution >= 0.6 is 0 Å². The molecule has 2 aliphatic heterocycles. The van der Waals surface area contributed by atoms with Gasteiger partial charge in [-0.2, -0.15) is 0 Å².